The number of carbonyl (C=O) groups is 1. The summed E-state index contributed by atoms with van der Waals surface area (Å²) in [6, 6.07) is 2.06. The van der Waals surface area contributed by atoms with Gasteiger partial charge in [-0.1, -0.05) is 6.42 Å². The summed E-state index contributed by atoms with van der Waals surface area (Å²) in [7, 11) is 0. The Hall–Kier alpha value is -2.05. The molecule has 32 heavy (non-hydrogen) atoms. The first-order valence-electron chi connectivity index (χ1n) is 12.2. The number of carbonyl (C=O) groups excluding carboxylic acids is 1. The fraction of sp³-hybridized carbons (Fsp3) is 0.760. The van der Waals surface area contributed by atoms with Crippen molar-refractivity contribution in [1.29, 1.82) is 0 Å². The highest BCUT2D eigenvalue weighted by molar-refractivity contribution is 5.68. The number of pyridine rings is 1. The van der Waals surface area contributed by atoms with Gasteiger partial charge in [0, 0.05) is 42.9 Å². The molecule has 1 saturated heterocycles. The minimum absolute atomic E-state index is 0.0976. The molecule has 0 aromatic carbocycles. The quantitative estimate of drug-likeness (QED) is 0.528. The van der Waals surface area contributed by atoms with Crippen LogP contribution in [0.4, 0.5) is 15.0 Å². The number of hydrogen-bond acceptors (Lipinski definition) is 5. The number of hydrogen-bond donors (Lipinski definition) is 1. The highest BCUT2D eigenvalue weighted by Crippen LogP contribution is 2.32. The molecule has 1 aromatic heterocycles. The summed E-state index contributed by atoms with van der Waals surface area (Å²) in [5.74, 6) is 1.78. The van der Waals surface area contributed by atoms with Gasteiger partial charge in [-0.15, -0.1) is 0 Å². The topological polar surface area (TPSA) is 63.7 Å². The molecule has 0 spiro atoms. The number of alkyl halides is 1. The second-order valence-corrected chi connectivity index (χ2v) is 10.4. The molecule has 0 bridgehead atoms. The van der Waals surface area contributed by atoms with Crippen molar-refractivity contribution in [3.63, 3.8) is 0 Å². The number of nitrogens with zero attached hydrogens (tertiary/aromatic N) is 2. The van der Waals surface area contributed by atoms with Crippen LogP contribution in [0, 0.1) is 5.92 Å². The van der Waals surface area contributed by atoms with Crippen LogP contribution >= 0.6 is 0 Å². The Morgan fingerprint density at radius 2 is 2.12 bits per heavy atom. The van der Waals surface area contributed by atoms with E-state index >= 15 is 0 Å². The molecule has 3 rings (SSSR count). The zero-order valence-electron chi connectivity index (χ0n) is 20.4. The second kappa shape index (κ2) is 10.7. The van der Waals surface area contributed by atoms with Crippen LogP contribution in [0.3, 0.4) is 0 Å². The van der Waals surface area contributed by atoms with Gasteiger partial charge in [0.1, 0.15) is 23.3 Å². The molecule has 3 heterocycles. The lowest BCUT2D eigenvalue weighted by molar-refractivity contribution is 0.0280. The van der Waals surface area contributed by atoms with Gasteiger partial charge in [-0.3, -0.25) is 0 Å². The number of rotatable bonds is 8. The normalized spacial score (nSPS) is 19.5. The number of halogens is 1. The van der Waals surface area contributed by atoms with E-state index in [4.69, 9.17) is 14.5 Å². The van der Waals surface area contributed by atoms with Crippen molar-refractivity contribution in [2.24, 2.45) is 5.92 Å². The Morgan fingerprint density at radius 3 is 2.84 bits per heavy atom. The van der Waals surface area contributed by atoms with Crippen LogP contribution < -0.4 is 10.1 Å². The van der Waals surface area contributed by atoms with Gasteiger partial charge in [0.05, 0.1) is 6.10 Å². The molecule has 2 aliphatic heterocycles. The first-order valence-corrected chi connectivity index (χ1v) is 12.2. The minimum Gasteiger partial charge on any atom is -0.491 e. The van der Waals surface area contributed by atoms with Gasteiger partial charge in [0.15, 0.2) is 0 Å². The van der Waals surface area contributed by atoms with Crippen molar-refractivity contribution in [3.05, 3.63) is 17.3 Å². The molecule has 1 fully saturated rings. The Kier molecular flexibility index (Phi) is 8.23. The van der Waals surface area contributed by atoms with E-state index in [2.05, 4.69) is 11.4 Å². The fourth-order valence-corrected chi connectivity index (χ4v) is 4.40. The Bertz CT molecular complexity index is 778. The molecule has 0 saturated carbocycles. The largest absolute Gasteiger partial charge is 0.491 e. The molecule has 1 N–H and O–H groups in total. The van der Waals surface area contributed by atoms with E-state index in [9.17, 15) is 9.18 Å². The predicted octanol–water partition coefficient (Wildman–Crippen LogP) is 5.53. The summed E-state index contributed by atoms with van der Waals surface area (Å²) in [6.07, 6.45) is 4.70. The van der Waals surface area contributed by atoms with E-state index in [1.165, 1.54) is 5.56 Å². The number of likely N-dealkylation sites (tertiary alicyclic amines) is 1. The first kappa shape index (κ1) is 24.6. The average Bonchev–Trinajstić information content (AvgIpc) is 3.20. The standard InChI is InChI=1S/C25H40FN3O3/c1-17(2)31-22-15-19(28-23-20(22)10-8-13-27-23)9-6-7-11-21(26)18-12-14-29(16-18)24(30)32-25(3,4)5/h15,17-18,21H,6-14,16H2,1-5H3,(H,27,28). The molecule has 7 heteroatoms. The van der Waals surface area contributed by atoms with Crippen LogP contribution in [0.15, 0.2) is 6.07 Å². The maximum Gasteiger partial charge on any atom is 0.410 e. The number of aryl methyl sites for hydroxylation is 1. The molecule has 0 aliphatic carbocycles. The molecule has 2 unspecified atom stereocenters. The molecule has 0 radical (unpaired) electrons. The highest BCUT2D eigenvalue weighted by Gasteiger charge is 2.33. The summed E-state index contributed by atoms with van der Waals surface area (Å²) < 4.78 is 26.3. The van der Waals surface area contributed by atoms with Gasteiger partial charge in [-0.2, -0.15) is 0 Å². The summed E-state index contributed by atoms with van der Waals surface area (Å²) in [5.41, 5.74) is 1.65. The maximum atomic E-state index is 14.8. The molecular weight excluding hydrogens is 409 g/mol. The number of nitrogens with one attached hydrogen (secondary N) is 1. The van der Waals surface area contributed by atoms with Crippen LogP contribution in [-0.2, 0) is 17.6 Å². The molecule has 2 atom stereocenters. The van der Waals surface area contributed by atoms with Gasteiger partial charge in [0.25, 0.3) is 0 Å². The van der Waals surface area contributed by atoms with Crippen molar-refractivity contribution < 1.29 is 18.7 Å². The number of fused-ring (bicyclic) bond motifs is 1. The number of anilines is 1. The minimum atomic E-state index is -0.888. The summed E-state index contributed by atoms with van der Waals surface area (Å²) >= 11 is 0. The van der Waals surface area contributed by atoms with E-state index in [-0.39, 0.29) is 18.1 Å². The summed E-state index contributed by atoms with van der Waals surface area (Å²) in [5, 5.41) is 3.40. The Labute approximate surface area is 192 Å². The van der Waals surface area contributed by atoms with Crippen molar-refractivity contribution in [2.45, 2.75) is 97.4 Å². The van der Waals surface area contributed by atoms with E-state index < -0.39 is 11.8 Å². The van der Waals surface area contributed by atoms with E-state index in [0.717, 1.165) is 55.9 Å². The number of aromatic nitrogens is 1. The Balaban J connectivity index is 1.46. The third kappa shape index (κ3) is 6.97. The van der Waals surface area contributed by atoms with Crippen LogP contribution in [-0.4, -0.2) is 53.5 Å². The number of unbranched alkanes of at least 4 members (excludes halogenated alkanes) is 1. The molecular formula is C25H40FN3O3. The molecule has 6 nitrogen and oxygen atoms in total. The van der Waals surface area contributed by atoms with Gasteiger partial charge in [-0.05, 0) is 73.1 Å². The van der Waals surface area contributed by atoms with Crippen LogP contribution in [0.5, 0.6) is 5.75 Å². The zero-order chi connectivity index (χ0) is 23.3. The number of amides is 1. The van der Waals surface area contributed by atoms with Crippen LogP contribution in [0.1, 0.15) is 78.0 Å². The van der Waals surface area contributed by atoms with Crippen molar-refractivity contribution in [1.82, 2.24) is 9.88 Å². The zero-order valence-corrected chi connectivity index (χ0v) is 20.4. The smallest absolute Gasteiger partial charge is 0.410 e. The van der Waals surface area contributed by atoms with Gasteiger partial charge >= 0.3 is 6.09 Å². The third-order valence-corrected chi connectivity index (χ3v) is 5.95. The van der Waals surface area contributed by atoms with Crippen LogP contribution in [0.25, 0.3) is 0 Å². The van der Waals surface area contributed by atoms with Crippen molar-refractivity contribution >= 4 is 11.9 Å². The average molecular weight is 450 g/mol. The summed E-state index contributed by atoms with van der Waals surface area (Å²) in [4.78, 5) is 18.6. The second-order valence-electron chi connectivity index (χ2n) is 10.4. The molecule has 2 aliphatic rings. The maximum absolute atomic E-state index is 14.8. The molecule has 180 valence electrons. The third-order valence-electron chi connectivity index (χ3n) is 5.95. The van der Waals surface area contributed by atoms with E-state index in [1.54, 1.807) is 4.90 Å². The molecule has 1 aromatic rings. The van der Waals surface area contributed by atoms with Gasteiger partial charge in [0.2, 0.25) is 0 Å². The predicted molar refractivity (Wildman–Crippen MR) is 125 cm³/mol. The lowest BCUT2D eigenvalue weighted by atomic mass is 9.97. The lowest BCUT2D eigenvalue weighted by Gasteiger charge is -2.24. The van der Waals surface area contributed by atoms with Gasteiger partial charge in [-0.25, -0.2) is 14.2 Å². The monoisotopic (exact) mass is 449 g/mol. The Morgan fingerprint density at radius 1 is 1.34 bits per heavy atom. The SMILES string of the molecule is CC(C)Oc1cc(CCCCC(F)C2CCN(C(=O)OC(C)(C)C)C2)nc2c1CCCN2. The lowest BCUT2D eigenvalue weighted by Crippen LogP contribution is -2.36. The fourth-order valence-electron chi connectivity index (χ4n) is 4.40. The van der Waals surface area contributed by atoms with Crippen molar-refractivity contribution in [3.8, 4) is 5.75 Å². The first-order chi connectivity index (χ1) is 15.1. The number of ether oxygens (including phenoxy) is 2. The van der Waals surface area contributed by atoms with E-state index in [1.807, 2.05) is 34.6 Å². The highest BCUT2D eigenvalue weighted by atomic mass is 19.1. The van der Waals surface area contributed by atoms with Gasteiger partial charge < -0.3 is 19.7 Å². The molecule has 1 amide bonds. The summed E-state index contributed by atoms with van der Waals surface area (Å²) in [6.45, 7) is 11.6. The van der Waals surface area contributed by atoms with E-state index in [0.29, 0.717) is 25.9 Å². The van der Waals surface area contributed by atoms with Crippen molar-refractivity contribution in [2.75, 3.05) is 25.0 Å². The van der Waals surface area contributed by atoms with Crippen LogP contribution in [0.2, 0.25) is 0 Å².